The molecule has 0 atom stereocenters. The molecule has 1 aliphatic rings. The number of carbonyl (C=O) groups is 1. The molecule has 0 fully saturated rings. The molecule has 3 rings (SSSR count). The lowest BCUT2D eigenvalue weighted by Crippen LogP contribution is -2.36. The van der Waals surface area contributed by atoms with Gasteiger partial charge in [0.25, 0.3) is 0 Å². The van der Waals surface area contributed by atoms with Crippen molar-refractivity contribution in [2.45, 2.75) is 17.7 Å². The summed E-state index contributed by atoms with van der Waals surface area (Å²) in [4.78, 5) is 19.4. The minimum atomic E-state index is 0.180. The predicted octanol–water partition coefficient (Wildman–Crippen LogP) is 3.15. The van der Waals surface area contributed by atoms with Gasteiger partial charge in [-0.15, -0.1) is 11.8 Å². The van der Waals surface area contributed by atoms with Gasteiger partial charge >= 0.3 is 0 Å². The molecule has 20 heavy (non-hydrogen) atoms. The minimum Gasteiger partial charge on any atom is -0.311 e. The van der Waals surface area contributed by atoms with Gasteiger partial charge in [-0.05, 0) is 36.6 Å². The SMILES string of the molecule is O=C(CSc1ccncc1)N1CCCc2ccccc21. The van der Waals surface area contributed by atoms with Gasteiger partial charge in [0.2, 0.25) is 5.91 Å². The first-order valence-electron chi connectivity index (χ1n) is 6.76. The zero-order valence-corrected chi connectivity index (χ0v) is 12.0. The van der Waals surface area contributed by atoms with E-state index in [0.717, 1.165) is 30.0 Å². The van der Waals surface area contributed by atoms with Gasteiger partial charge in [0.05, 0.1) is 5.75 Å². The topological polar surface area (TPSA) is 33.2 Å². The van der Waals surface area contributed by atoms with Crippen molar-refractivity contribution in [2.24, 2.45) is 0 Å². The first-order chi connectivity index (χ1) is 9.84. The number of amides is 1. The highest BCUT2D eigenvalue weighted by molar-refractivity contribution is 8.00. The van der Waals surface area contributed by atoms with Crippen LogP contribution in [-0.2, 0) is 11.2 Å². The van der Waals surface area contributed by atoms with E-state index in [4.69, 9.17) is 0 Å². The number of nitrogens with zero attached hydrogens (tertiary/aromatic N) is 2. The van der Waals surface area contributed by atoms with Crippen LogP contribution < -0.4 is 4.90 Å². The van der Waals surface area contributed by atoms with E-state index in [1.165, 1.54) is 5.56 Å². The standard InChI is InChI=1S/C16H16N2OS/c19-16(12-20-14-7-9-17-10-8-14)18-11-3-5-13-4-1-2-6-15(13)18/h1-2,4,6-10H,3,5,11-12H2. The monoisotopic (exact) mass is 284 g/mol. The molecule has 0 aliphatic carbocycles. The summed E-state index contributed by atoms with van der Waals surface area (Å²) in [5, 5.41) is 0. The van der Waals surface area contributed by atoms with Crippen molar-refractivity contribution in [3.63, 3.8) is 0 Å². The molecule has 2 aromatic rings. The van der Waals surface area contributed by atoms with Gasteiger partial charge in [-0.25, -0.2) is 0 Å². The van der Waals surface area contributed by atoms with Gasteiger partial charge in [0.1, 0.15) is 0 Å². The number of carbonyl (C=O) groups excluding carboxylic acids is 1. The molecule has 0 N–H and O–H groups in total. The number of thioether (sulfide) groups is 1. The average molecular weight is 284 g/mol. The fourth-order valence-electron chi connectivity index (χ4n) is 2.45. The van der Waals surface area contributed by atoms with Crippen molar-refractivity contribution in [3.8, 4) is 0 Å². The van der Waals surface area contributed by atoms with E-state index in [-0.39, 0.29) is 5.91 Å². The van der Waals surface area contributed by atoms with Crippen LogP contribution in [-0.4, -0.2) is 23.2 Å². The quantitative estimate of drug-likeness (QED) is 0.812. The Morgan fingerprint density at radius 1 is 1.20 bits per heavy atom. The second-order valence-corrected chi connectivity index (χ2v) is 5.80. The predicted molar refractivity (Wildman–Crippen MR) is 82.1 cm³/mol. The van der Waals surface area contributed by atoms with E-state index < -0.39 is 0 Å². The molecule has 0 unspecified atom stereocenters. The molecule has 102 valence electrons. The molecule has 0 bridgehead atoms. The summed E-state index contributed by atoms with van der Waals surface area (Å²) in [6, 6.07) is 12.1. The van der Waals surface area contributed by atoms with Crippen molar-refractivity contribution in [1.29, 1.82) is 0 Å². The summed E-state index contributed by atoms with van der Waals surface area (Å²) in [6.45, 7) is 0.826. The van der Waals surface area contributed by atoms with Crippen molar-refractivity contribution >= 4 is 23.4 Å². The molecule has 2 heterocycles. The summed E-state index contributed by atoms with van der Waals surface area (Å²) in [5.41, 5.74) is 2.36. The highest BCUT2D eigenvalue weighted by Gasteiger charge is 2.21. The zero-order chi connectivity index (χ0) is 13.8. The maximum Gasteiger partial charge on any atom is 0.237 e. The maximum absolute atomic E-state index is 12.4. The Morgan fingerprint density at radius 3 is 2.85 bits per heavy atom. The lowest BCUT2D eigenvalue weighted by Gasteiger charge is -2.29. The van der Waals surface area contributed by atoms with Crippen molar-refractivity contribution in [2.75, 3.05) is 17.2 Å². The van der Waals surface area contributed by atoms with E-state index in [0.29, 0.717) is 5.75 Å². The van der Waals surface area contributed by atoms with Crippen LogP contribution >= 0.6 is 11.8 Å². The summed E-state index contributed by atoms with van der Waals surface area (Å²) in [5.74, 6) is 0.650. The van der Waals surface area contributed by atoms with Crippen LogP contribution in [0.4, 0.5) is 5.69 Å². The Kier molecular flexibility index (Phi) is 4.02. The van der Waals surface area contributed by atoms with Gasteiger partial charge in [-0.2, -0.15) is 0 Å². The van der Waals surface area contributed by atoms with Crippen LogP contribution in [0.3, 0.4) is 0 Å². The Bertz CT molecular complexity index is 600. The Balaban J connectivity index is 1.69. The molecule has 0 saturated carbocycles. The Morgan fingerprint density at radius 2 is 2.00 bits per heavy atom. The van der Waals surface area contributed by atoms with Crippen LogP contribution in [0.2, 0.25) is 0 Å². The largest absolute Gasteiger partial charge is 0.311 e. The summed E-state index contributed by atoms with van der Waals surface area (Å²) in [7, 11) is 0. The van der Waals surface area contributed by atoms with E-state index in [9.17, 15) is 4.79 Å². The van der Waals surface area contributed by atoms with Crippen LogP contribution in [0.5, 0.6) is 0 Å². The zero-order valence-electron chi connectivity index (χ0n) is 11.2. The third-order valence-electron chi connectivity index (χ3n) is 3.42. The Hall–Kier alpha value is -1.81. The molecule has 0 saturated heterocycles. The molecule has 4 heteroatoms. The second kappa shape index (κ2) is 6.09. The number of hydrogen-bond acceptors (Lipinski definition) is 3. The number of rotatable bonds is 3. The van der Waals surface area contributed by atoms with Crippen molar-refractivity contribution < 1.29 is 4.79 Å². The maximum atomic E-state index is 12.4. The fraction of sp³-hybridized carbons (Fsp3) is 0.250. The number of para-hydroxylation sites is 1. The van der Waals surface area contributed by atoms with Gasteiger partial charge in [-0.3, -0.25) is 9.78 Å². The van der Waals surface area contributed by atoms with Gasteiger partial charge in [-0.1, -0.05) is 18.2 Å². The molecule has 1 aromatic carbocycles. The normalized spacial score (nSPS) is 13.9. The third-order valence-corrected chi connectivity index (χ3v) is 4.42. The molecule has 3 nitrogen and oxygen atoms in total. The van der Waals surface area contributed by atoms with E-state index in [1.807, 2.05) is 35.2 Å². The fourth-order valence-corrected chi connectivity index (χ4v) is 3.21. The number of benzene rings is 1. The highest BCUT2D eigenvalue weighted by atomic mass is 32.2. The van der Waals surface area contributed by atoms with Crippen LogP contribution in [0.1, 0.15) is 12.0 Å². The van der Waals surface area contributed by atoms with Crippen molar-refractivity contribution in [1.82, 2.24) is 4.98 Å². The number of hydrogen-bond donors (Lipinski definition) is 0. The summed E-state index contributed by atoms with van der Waals surface area (Å²) >= 11 is 1.57. The molecule has 1 aromatic heterocycles. The minimum absolute atomic E-state index is 0.180. The summed E-state index contributed by atoms with van der Waals surface area (Å²) < 4.78 is 0. The molecule has 0 spiro atoms. The first kappa shape index (κ1) is 13.2. The van der Waals surface area contributed by atoms with Crippen LogP contribution in [0.25, 0.3) is 0 Å². The smallest absolute Gasteiger partial charge is 0.237 e. The van der Waals surface area contributed by atoms with Gasteiger partial charge < -0.3 is 4.90 Å². The van der Waals surface area contributed by atoms with E-state index in [1.54, 1.807) is 24.2 Å². The van der Waals surface area contributed by atoms with Gasteiger partial charge in [0, 0.05) is 29.5 Å². The van der Waals surface area contributed by atoms with Crippen LogP contribution in [0, 0.1) is 0 Å². The third kappa shape index (κ3) is 2.85. The summed E-state index contributed by atoms with van der Waals surface area (Å²) in [6.07, 6.45) is 5.62. The number of aromatic nitrogens is 1. The van der Waals surface area contributed by atoms with E-state index in [2.05, 4.69) is 11.1 Å². The molecular formula is C16H16N2OS. The number of aryl methyl sites for hydroxylation is 1. The first-order valence-corrected chi connectivity index (χ1v) is 7.74. The number of fused-ring (bicyclic) bond motifs is 1. The lowest BCUT2D eigenvalue weighted by molar-refractivity contribution is -0.116. The van der Waals surface area contributed by atoms with Gasteiger partial charge in [0.15, 0.2) is 0 Å². The van der Waals surface area contributed by atoms with Crippen molar-refractivity contribution in [3.05, 3.63) is 54.4 Å². The molecule has 0 radical (unpaired) electrons. The van der Waals surface area contributed by atoms with Crippen LogP contribution in [0.15, 0.2) is 53.7 Å². The Labute approximate surface area is 123 Å². The van der Waals surface area contributed by atoms with E-state index >= 15 is 0 Å². The molecule has 1 amide bonds. The lowest BCUT2D eigenvalue weighted by atomic mass is 10.0. The second-order valence-electron chi connectivity index (χ2n) is 4.75. The highest BCUT2D eigenvalue weighted by Crippen LogP contribution is 2.28. The molecule has 1 aliphatic heterocycles. The molecular weight excluding hydrogens is 268 g/mol. The number of anilines is 1. The average Bonchev–Trinajstić information content (AvgIpc) is 2.53. The number of pyridine rings is 1.